The minimum Gasteiger partial charge on any atom is -0.486 e. The summed E-state index contributed by atoms with van der Waals surface area (Å²) in [4.78, 5) is 24.8. The Balaban J connectivity index is 1.44. The van der Waals surface area contributed by atoms with Crippen LogP contribution in [-0.4, -0.2) is 37.4 Å². The first-order valence-electron chi connectivity index (χ1n) is 8.57. The van der Waals surface area contributed by atoms with Gasteiger partial charge >= 0.3 is 5.97 Å². The van der Waals surface area contributed by atoms with Crippen molar-refractivity contribution in [1.29, 1.82) is 0 Å². The average molecular weight is 387 g/mol. The van der Waals surface area contributed by atoms with Crippen molar-refractivity contribution in [2.24, 2.45) is 0 Å². The van der Waals surface area contributed by atoms with E-state index in [1.807, 2.05) is 50.2 Å². The van der Waals surface area contributed by atoms with Crippen LogP contribution >= 0.6 is 11.8 Å². The Hall–Kier alpha value is -2.67. The summed E-state index contributed by atoms with van der Waals surface area (Å²) in [5.41, 5.74) is 2.80. The lowest BCUT2D eigenvalue weighted by molar-refractivity contribution is -0.144. The highest BCUT2D eigenvalue weighted by Crippen LogP contribution is 2.34. The van der Waals surface area contributed by atoms with E-state index in [1.165, 1.54) is 11.8 Å². The Morgan fingerprint density at radius 2 is 1.89 bits per heavy atom. The Labute approximate surface area is 162 Å². The van der Waals surface area contributed by atoms with Crippen LogP contribution in [0, 0.1) is 13.8 Å². The van der Waals surface area contributed by atoms with E-state index in [-0.39, 0.29) is 18.3 Å². The molecular weight excluding hydrogens is 366 g/mol. The minimum atomic E-state index is -0.453. The number of hydrogen-bond donors (Lipinski definition) is 1. The van der Waals surface area contributed by atoms with Gasteiger partial charge in [0.2, 0.25) is 0 Å². The highest BCUT2D eigenvalue weighted by Gasteiger charge is 2.14. The van der Waals surface area contributed by atoms with E-state index in [0.717, 1.165) is 21.7 Å². The van der Waals surface area contributed by atoms with Gasteiger partial charge in [0.1, 0.15) is 13.2 Å². The SMILES string of the molecule is Cc1cccc(NC(=O)COC(=O)CSc2ccc3c(c2)OCCO3)c1C. The zero-order chi connectivity index (χ0) is 19.2. The van der Waals surface area contributed by atoms with E-state index >= 15 is 0 Å². The monoisotopic (exact) mass is 387 g/mol. The van der Waals surface area contributed by atoms with Crippen molar-refractivity contribution in [2.45, 2.75) is 18.7 Å². The smallest absolute Gasteiger partial charge is 0.316 e. The number of hydrogen-bond acceptors (Lipinski definition) is 6. The number of rotatable bonds is 6. The first-order valence-corrected chi connectivity index (χ1v) is 9.55. The number of carbonyl (C=O) groups is 2. The fourth-order valence-corrected chi connectivity index (χ4v) is 3.24. The molecule has 0 spiro atoms. The number of anilines is 1. The molecule has 27 heavy (non-hydrogen) atoms. The maximum Gasteiger partial charge on any atom is 0.316 e. The molecule has 1 aliphatic rings. The van der Waals surface area contributed by atoms with Gasteiger partial charge in [0.25, 0.3) is 5.91 Å². The summed E-state index contributed by atoms with van der Waals surface area (Å²) in [6, 6.07) is 11.2. The second kappa shape index (κ2) is 8.81. The van der Waals surface area contributed by atoms with Gasteiger partial charge in [-0.2, -0.15) is 0 Å². The third-order valence-electron chi connectivity index (χ3n) is 4.11. The molecule has 0 bridgehead atoms. The van der Waals surface area contributed by atoms with Gasteiger partial charge in [0.15, 0.2) is 18.1 Å². The molecule has 0 saturated carbocycles. The Bertz CT molecular complexity index is 852. The number of esters is 1. The van der Waals surface area contributed by atoms with Crippen LogP contribution in [-0.2, 0) is 14.3 Å². The second-order valence-electron chi connectivity index (χ2n) is 6.05. The van der Waals surface area contributed by atoms with Gasteiger partial charge in [-0.15, -0.1) is 11.8 Å². The van der Waals surface area contributed by atoms with E-state index < -0.39 is 5.97 Å². The number of thioether (sulfide) groups is 1. The van der Waals surface area contributed by atoms with Crippen molar-refractivity contribution < 1.29 is 23.8 Å². The summed E-state index contributed by atoms with van der Waals surface area (Å²) in [7, 11) is 0. The van der Waals surface area contributed by atoms with Gasteiger partial charge in [0, 0.05) is 10.6 Å². The summed E-state index contributed by atoms with van der Waals surface area (Å²) in [5, 5.41) is 2.76. The molecule has 0 aromatic heterocycles. The van der Waals surface area contributed by atoms with Crippen LogP contribution in [0.4, 0.5) is 5.69 Å². The van der Waals surface area contributed by atoms with E-state index in [2.05, 4.69) is 5.32 Å². The second-order valence-corrected chi connectivity index (χ2v) is 7.10. The molecule has 0 atom stereocenters. The van der Waals surface area contributed by atoms with Gasteiger partial charge < -0.3 is 19.5 Å². The fraction of sp³-hybridized carbons (Fsp3) is 0.300. The Morgan fingerprint density at radius 3 is 2.70 bits per heavy atom. The molecule has 1 heterocycles. The molecule has 2 aromatic carbocycles. The molecular formula is C20H21NO5S. The summed E-state index contributed by atoms with van der Waals surface area (Å²) in [6.07, 6.45) is 0. The molecule has 0 unspecified atom stereocenters. The van der Waals surface area contributed by atoms with Gasteiger partial charge in [-0.3, -0.25) is 9.59 Å². The molecule has 142 valence electrons. The number of fused-ring (bicyclic) bond motifs is 1. The third kappa shape index (κ3) is 5.17. The third-order valence-corrected chi connectivity index (χ3v) is 5.08. The van der Waals surface area contributed by atoms with Gasteiger partial charge in [-0.05, 0) is 49.2 Å². The van der Waals surface area contributed by atoms with Crippen LogP contribution in [0.15, 0.2) is 41.3 Å². The van der Waals surface area contributed by atoms with Crippen LogP contribution in [0.5, 0.6) is 11.5 Å². The molecule has 1 amide bonds. The quantitative estimate of drug-likeness (QED) is 0.605. The molecule has 2 aromatic rings. The predicted molar refractivity (Wildman–Crippen MR) is 104 cm³/mol. The Morgan fingerprint density at radius 1 is 1.11 bits per heavy atom. The zero-order valence-electron chi connectivity index (χ0n) is 15.2. The van der Waals surface area contributed by atoms with Crippen molar-refractivity contribution in [2.75, 3.05) is 30.9 Å². The van der Waals surface area contributed by atoms with Crippen LogP contribution in [0.2, 0.25) is 0 Å². The van der Waals surface area contributed by atoms with Crippen molar-refractivity contribution in [3.05, 3.63) is 47.5 Å². The number of aryl methyl sites for hydroxylation is 1. The lowest BCUT2D eigenvalue weighted by Crippen LogP contribution is -2.22. The highest BCUT2D eigenvalue weighted by atomic mass is 32.2. The van der Waals surface area contributed by atoms with Gasteiger partial charge in [-0.1, -0.05) is 12.1 Å². The highest BCUT2D eigenvalue weighted by molar-refractivity contribution is 8.00. The van der Waals surface area contributed by atoms with Gasteiger partial charge in [-0.25, -0.2) is 0 Å². The topological polar surface area (TPSA) is 73.9 Å². The normalized spacial score (nSPS) is 12.4. The fourth-order valence-electron chi connectivity index (χ4n) is 2.52. The van der Waals surface area contributed by atoms with Crippen molar-refractivity contribution >= 4 is 29.3 Å². The molecule has 6 nitrogen and oxygen atoms in total. The number of carbonyl (C=O) groups excluding carboxylic acids is 2. The minimum absolute atomic E-state index is 0.108. The van der Waals surface area contributed by atoms with Crippen LogP contribution in [0.1, 0.15) is 11.1 Å². The van der Waals surface area contributed by atoms with E-state index in [4.69, 9.17) is 14.2 Å². The largest absolute Gasteiger partial charge is 0.486 e. The summed E-state index contributed by atoms with van der Waals surface area (Å²) in [6.45, 7) is 4.64. The number of benzene rings is 2. The Kier molecular flexibility index (Phi) is 6.24. The van der Waals surface area contributed by atoms with Crippen LogP contribution < -0.4 is 14.8 Å². The predicted octanol–water partition coefficient (Wildman–Crippen LogP) is 3.35. The van der Waals surface area contributed by atoms with Crippen LogP contribution in [0.3, 0.4) is 0 Å². The first-order chi connectivity index (χ1) is 13.0. The van der Waals surface area contributed by atoms with Crippen molar-refractivity contribution in [3.8, 4) is 11.5 Å². The van der Waals surface area contributed by atoms with E-state index in [0.29, 0.717) is 24.7 Å². The maximum atomic E-state index is 12.0. The standard InChI is InChI=1S/C20H21NO5S/c1-13-4-3-5-16(14(13)2)21-19(22)11-26-20(23)12-27-15-6-7-17-18(10-15)25-9-8-24-17/h3-7,10H,8-9,11-12H2,1-2H3,(H,21,22). The molecule has 7 heteroatoms. The van der Waals surface area contributed by atoms with Gasteiger partial charge in [0.05, 0.1) is 5.75 Å². The maximum absolute atomic E-state index is 12.0. The molecule has 1 N–H and O–H groups in total. The molecule has 0 fully saturated rings. The number of nitrogens with one attached hydrogen (secondary N) is 1. The first kappa shape index (κ1) is 19.1. The summed E-state index contributed by atoms with van der Waals surface area (Å²) < 4.78 is 16.0. The molecule has 0 aliphatic carbocycles. The molecule has 1 aliphatic heterocycles. The van der Waals surface area contributed by atoms with E-state index in [9.17, 15) is 9.59 Å². The van der Waals surface area contributed by atoms with Crippen LogP contribution in [0.25, 0.3) is 0 Å². The zero-order valence-corrected chi connectivity index (χ0v) is 16.1. The summed E-state index contributed by atoms with van der Waals surface area (Å²) >= 11 is 1.32. The molecule has 0 radical (unpaired) electrons. The van der Waals surface area contributed by atoms with E-state index in [1.54, 1.807) is 0 Å². The lowest BCUT2D eigenvalue weighted by atomic mass is 10.1. The van der Waals surface area contributed by atoms with Crippen molar-refractivity contribution in [3.63, 3.8) is 0 Å². The molecule has 0 saturated heterocycles. The number of amides is 1. The average Bonchev–Trinajstić information content (AvgIpc) is 2.68. The van der Waals surface area contributed by atoms with Crippen molar-refractivity contribution in [1.82, 2.24) is 0 Å². The summed E-state index contributed by atoms with van der Waals surface area (Å²) in [5.74, 6) is 0.673. The molecule has 3 rings (SSSR count). The lowest BCUT2D eigenvalue weighted by Gasteiger charge is -2.18. The number of ether oxygens (including phenoxy) is 3.